The smallest absolute Gasteiger partial charge is 0.344 e. The molecule has 1 aromatic carbocycles. The van der Waals surface area contributed by atoms with Crippen molar-refractivity contribution < 1.29 is 22.7 Å². The van der Waals surface area contributed by atoms with Crippen molar-refractivity contribution in [2.45, 2.75) is 43.3 Å². The van der Waals surface area contributed by atoms with E-state index in [1.54, 1.807) is 11.8 Å². The Morgan fingerprint density at radius 1 is 1.30 bits per heavy atom. The lowest BCUT2D eigenvalue weighted by molar-refractivity contribution is 0.0518. The maximum atomic E-state index is 15.7. The van der Waals surface area contributed by atoms with Gasteiger partial charge in [-0.25, -0.2) is 18.0 Å². The Morgan fingerprint density at radius 3 is 2.57 bits per heavy atom. The molecule has 2 aromatic rings. The number of alkyl halides is 1. The Bertz CT molecular complexity index is 1080. The van der Waals surface area contributed by atoms with Crippen LogP contribution in [0, 0.1) is 11.6 Å². The summed E-state index contributed by atoms with van der Waals surface area (Å²) >= 11 is 0.967. The quantitative estimate of drug-likeness (QED) is 0.736. The van der Waals surface area contributed by atoms with E-state index < -0.39 is 35.1 Å². The fourth-order valence-corrected chi connectivity index (χ4v) is 5.37. The van der Waals surface area contributed by atoms with E-state index in [0.717, 1.165) is 17.8 Å². The van der Waals surface area contributed by atoms with Crippen molar-refractivity contribution in [1.29, 1.82) is 0 Å². The Labute approximate surface area is 175 Å². The number of aromatic nitrogens is 1. The highest BCUT2D eigenvalue weighted by Gasteiger charge is 2.38. The Hall–Kier alpha value is -2.20. The van der Waals surface area contributed by atoms with Crippen LogP contribution >= 0.6 is 11.8 Å². The standard InChI is InChI=1S/C20H22F3N3O3S/c1-4-29-20(28)14-18(27)11-5-12(22)17(25-7-9(2)24-10(3)8-25)15(23)16(11)26-13(6-21)30-19(14)26/h5,9-10,13,24H,4,6-8H2,1-3H3. The first-order valence-corrected chi connectivity index (χ1v) is 10.7. The summed E-state index contributed by atoms with van der Waals surface area (Å²) in [4.78, 5) is 26.9. The van der Waals surface area contributed by atoms with Crippen molar-refractivity contribution in [1.82, 2.24) is 9.88 Å². The van der Waals surface area contributed by atoms with Gasteiger partial charge in [-0.1, -0.05) is 11.8 Å². The molecule has 0 amide bonds. The second-order valence-electron chi connectivity index (χ2n) is 7.62. The van der Waals surface area contributed by atoms with E-state index in [1.807, 2.05) is 13.8 Å². The van der Waals surface area contributed by atoms with E-state index in [9.17, 15) is 14.0 Å². The lowest BCUT2D eigenvalue weighted by Gasteiger charge is -2.39. The van der Waals surface area contributed by atoms with Crippen LogP contribution in [0.5, 0.6) is 0 Å². The van der Waals surface area contributed by atoms with Crippen molar-refractivity contribution in [2.75, 3.05) is 31.3 Å². The number of benzene rings is 1. The van der Waals surface area contributed by atoms with Crippen LogP contribution in [-0.4, -0.2) is 49.0 Å². The molecule has 1 fully saturated rings. The highest BCUT2D eigenvalue weighted by molar-refractivity contribution is 8.00. The van der Waals surface area contributed by atoms with Gasteiger partial charge in [-0.2, -0.15) is 0 Å². The minimum absolute atomic E-state index is 0.00856. The molecule has 1 aromatic heterocycles. The summed E-state index contributed by atoms with van der Waals surface area (Å²) in [5.41, 5.74) is -1.55. The zero-order chi connectivity index (χ0) is 21.7. The number of carbonyl (C=O) groups excluding carboxylic acids is 1. The number of fused-ring (bicyclic) bond motifs is 3. The summed E-state index contributed by atoms with van der Waals surface area (Å²) in [5.74, 6) is -2.69. The number of nitrogens with one attached hydrogen (secondary N) is 1. The summed E-state index contributed by atoms with van der Waals surface area (Å²) in [6.07, 6.45) is 0. The first kappa shape index (κ1) is 21.0. The van der Waals surface area contributed by atoms with E-state index in [1.165, 1.54) is 4.57 Å². The minimum atomic E-state index is -0.918. The van der Waals surface area contributed by atoms with Crippen LogP contribution in [0.25, 0.3) is 10.9 Å². The van der Waals surface area contributed by atoms with Gasteiger partial charge in [0.1, 0.15) is 29.1 Å². The number of anilines is 1. The molecule has 2 aliphatic heterocycles. The van der Waals surface area contributed by atoms with Gasteiger partial charge in [-0.15, -0.1) is 0 Å². The van der Waals surface area contributed by atoms with Crippen LogP contribution < -0.4 is 15.6 Å². The molecular formula is C20H22F3N3O3S. The molecule has 0 bridgehead atoms. The van der Waals surface area contributed by atoms with Crippen LogP contribution in [0.2, 0.25) is 0 Å². The normalized spacial score (nSPS) is 23.3. The average Bonchev–Trinajstić information content (AvgIpc) is 2.64. The van der Waals surface area contributed by atoms with Crippen LogP contribution in [-0.2, 0) is 4.74 Å². The number of halogens is 3. The predicted octanol–water partition coefficient (Wildman–Crippen LogP) is 3.22. The highest BCUT2D eigenvalue weighted by atomic mass is 32.2. The summed E-state index contributed by atoms with van der Waals surface area (Å²) in [6, 6.07) is 0.963. The molecule has 0 radical (unpaired) electrons. The van der Waals surface area contributed by atoms with Crippen molar-refractivity contribution in [3.63, 3.8) is 0 Å². The fraction of sp³-hybridized carbons (Fsp3) is 0.500. The zero-order valence-corrected chi connectivity index (χ0v) is 17.6. The molecule has 162 valence electrons. The lowest BCUT2D eigenvalue weighted by atomic mass is 10.1. The predicted molar refractivity (Wildman–Crippen MR) is 109 cm³/mol. The highest BCUT2D eigenvalue weighted by Crippen LogP contribution is 2.48. The Morgan fingerprint density at radius 2 is 1.97 bits per heavy atom. The van der Waals surface area contributed by atoms with Gasteiger partial charge in [-0.05, 0) is 26.8 Å². The second-order valence-corrected chi connectivity index (χ2v) is 8.78. The third-order valence-electron chi connectivity index (χ3n) is 5.33. The van der Waals surface area contributed by atoms with Gasteiger partial charge < -0.3 is 19.5 Å². The number of piperazine rings is 1. The van der Waals surface area contributed by atoms with Crippen LogP contribution in [0.15, 0.2) is 15.9 Å². The number of hydrogen-bond acceptors (Lipinski definition) is 6. The molecule has 3 heterocycles. The maximum Gasteiger partial charge on any atom is 0.344 e. The van der Waals surface area contributed by atoms with E-state index in [4.69, 9.17) is 4.74 Å². The fourth-order valence-electron chi connectivity index (χ4n) is 4.27. The van der Waals surface area contributed by atoms with Crippen molar-refractivity contribution in [2.24, 2.45) is 0 Å². The molecule has 10 heteroatoms. The molecule has 0 aliphatic carbocycles. The van der Waals surface area contributed by atoms with Crippen molar-refractivity contribution in [3.8, 4) is 0 Å². The van der Waals surface area contributed by atoms with Gasteiger partial charge in [-0.3, -0.25) is 4.79 Å². The number of carbonyl (C=O) groups is 1. The molecule has 3 unspecified atom stereocenters. The van der Waals surface area contributed by atoms with Gasteiger partial charge in [0.05, 0.1) is 22.5 Å². The Kier molecular flexibility index (Phi) is 5.48. The van der Waals surface area contributed by atoms with Gasteiger partial charge >= 0.3 is 5.97 Å². The molecule has 30 heavy (non-hydrogen) atoms. The monoisotopic (exact) mass is 441 g/mol. The summed E-state index contributed by atoms with van der Waals surface area (Å²) < 4.78 is 50.5. The number of rotatable bonds is 4. The molecule has 2 aliphatic rings. The van der Waals surface area contributed by atoms with E-state index in [0.29, 0.717) is 13.1 Å². The number of hydrogen-bond donors (Lipinski definition) is 1. The molecular weight excluding hydrogens is 419 g/mol. The Balaban J connectivity index is 1.98. The number of ether oxygens (including phenoxy) is 1. The van der Waals surface area contributed by atoms with Crippen molar-refractivity contribution in [3.05, 3.63) is 33.5 Å². The average molecular weight is 441 g/mol. The number of thioether (sulfide) groups is 1. The van der Waals surface area contributed by atoms with E-state index in [2.05, 4.69) is 5.32 Å². The molecule has 1 saturated heterocycles. The maximum absolute atomic E-state index is 15.7. The second kappa shape index (κ2) is 7.81. The first-order valence-electron chi connectivity index (χ1n) is 9.79. The third kappa shape index (κ3) is 3.17. The largest absolute Gasteiger partial charge is 0.462 e. The topological polar surface area (TPSA) is 63.6 Å². The lowest BCUT2D eigenvalue weighted by Crippen LogP contribution is -2.54. The van der Waals surface area contributed by atoms with Gasteiger partial charge in [0.25, 0.3) is 0 Å². The summed E-state index contributed by atoms with van der Waals surface area (Å²) in [7, 11) is 0. The molecule has 1 N–H and O–H groups in total. The van der Waals surface area contributed by atoms with Crippen LogP contribution in [0.4, 0.5) is 18.9 Å². The van der Waals surface area contributed by atoms with E-state index in [-0.39, 0.29) is 45.9 Å². The van der Waals surface area contributed by atoms with Crippen molar-refractivity contribution >= 4 is 34.3 Å². The van der Waals surface area contributed by atoms with Crippen LogP contribution in [0.3, 0.4) is 0 Å². The van der Waals surface area contributed by atoms with Gasteiger partial charge in [0.15, 0.2) is 5.82 Å². The SMILES string of the molecule is CCOC(=O)c1c2n(c3c(F)c(N4CC(C)NC(C)C4)c(F)cc3c1=O)C(CF)S2. The zero-order valence-electron chi connectivity index (χ0n) is 16.8. The van der Waals surface area contributed by atoms with Gasteiger partial charge in [0, 0.05) is 25.2 Å². The van der Waals surface area contributed by atoms with Crippen LogP contribution in [0.1, 0.15) is 36.5 Å². The minimum Gasteiger partial charge on any atom is -0.462 e. The first-order chi connectivity index (χ1) is 14.3. The summed E-state index contributed by atoms with van der Waals surface area (Å²) in [5, 5.41) is 2.35. The number of nitrogens with zero attached hydrogens (tertiary/aromatic N) is 2. The molecule has 3 atom stereocenters. The number of esters is 1. The number of pyridine rings is 1. The summed E-state index contributed by atoms with van der Waals surface area (Å²) in [6.45, 7) is 5.38. The third-order valence-corrected chi connectivity index (χ3v) is 6.57. The molecule has 6 nitrogen and oxygen atoms in total. The molecule has 0 spiro atoms. The van der Waals surface area contributed by atoms with Gasteiger partial charge in [0.2, 0.25) is 5.43 Å². The molecule has 4 rings (SSSR count). The molecule has 0 saturated carbocycles. The van der Waals surface area contributed by atoms with E-state index >= 15 is 8.78 Å².